The van der Waals surface area contributed by atoms with Gasteiger partial charge in [-0.1, -0.05) is 6.07 Å². The summed E-state index contributed by atoms with van der Waals surface area (Å²) in [5.74, 6) is -1.14. The highest BCUT2D eigenvalue weighted by atomic mass is 79.9. The summed E-state index contributed by atoms with van der Waals surface area (Å²) in [5.41, 5.74) is -2.83. The fourth-order valence-electron chi connectivity index (χ4n) is 3.77. The fraction of sp³-hybridized carbons (Fsp3) is 0.591. The topological polar surface area (TPSA) is 99.4 Å². The van der Waals surface area contributed by atoms with Gasteiger partial charge in [0.15, 0.2) is 5.78 Å². The number of Topliss-reactive ketones (excluding diaryl/α,β-unsaturated/α-hetero) is 1. The molecule has 1 atom stereocenters. The number of hydrogen-bond acceptors (Lipinski definition) is 5. The Labute approximate surface area is 184 Å². The molecule has 1 aliphatic rings. The zero-order valence-electron chi connectivity index (χ0n) is 17.7. The van der Waals surface area contributed by atoms with Crippen LogP contribution in [0.5, 0.6) is 0 Å². The normalized spacial score (nSPS) is 25.1. The number of rotatable bonds is 5. The third-order valence-electron chi connectivity index (χ3n) is 5.35. The minimum absolute atomic E-state index is 0.0208. The second-order valence-corrected chi connectivity index (χ2v) is 9.94. The first kappa shape index (κ1) is 24.3. The monoisotopic (exact) mass is 482 g/mol. The number of aliphatic hydroxyl groups is 1. The predicted octanol–water partition coefficient (Wildman–Crippen LogP) is 4.89. The van der Waals surface area contributed by atoms with Crippen LogP contribution in [0.1, 0.15) is 70.2 Å². The number of benzene rings is 1. The summed E-state index contributed by atoms with van der Waals surface area (Å²) in [4.78, 5) is 24.9. The third-order valence-corrected chi connectivity index (χ3v) is 6.16. The molecule has 0 unspecified atom stereocenters. The molecule has 0 aliphatic heterocycles. The quantitative estimate of drug-likeness (QED) is 0.581. The van der Waals surface area contributed by atoms with Crippen LogP contribution >= 0.6 is 15.9 Å². The van der Waals surface area contributed by atoms with Crippen molar-refractivity contribution in [3.63, 3.8) is 0 Å². The van der Waals surface area contributed by atoms with Crippen molar-refractivity contribution < 1.29 is 23.8 Å². The predicted molar refractivity (Wildman–Crippen MR) is 113 cm³/mol. The van der Waals surface area contributed by atoms with Gasteiger partial charge in [-0.05, 0) is 81.4 Å². The van der Waals surface area contributed by atoms with Crippen molar-refractivity contribution in [1.29, 1.82) is 5.26 Å². The molecule has 164 valence electrons. The van der Waals surface area contributed by atoms with Crippen molar-refractivity contribution in [2.45, 2.75) is 77.0 Å². The van der Waals surface area contributed by atoms with Gasteiger partial charge in [-0.2, -0.15) is 5.26 Å². The smallest absolute Gasteiger partial charge is 0.407 e. The lowest BCUT2D eigenvalue weighted by Gasteiger charge is -2.40. The van der Waals surface area contributed by atoms with Gasteiger partial charge in [-0.3, -0.25) is 4.79 Å². The lowest BCUT2D eigenvalue weighted by atomic mass is 9.65. The average Bonchev–Trinajstić information content (AvgIpc) is 2.64. The second-order valence-electron chi connectivity index (χ2n) is 9.15. The third kappa shape index (κ3) is 5.79. The number of ketones is 1. The van der Waals surface area contributed by atoms with Crippen LogP contribution in [0.4, 0.5) is 9.18 Å². The maximum atomic E-state index is 13.8. The van der Waals surface area contributed by atoms with Gasteiger partial charge in [-0.25, -0.2) is 9.18 Å². The molecule has 0 spiro atoms. The molecule has 1 aromatic rings. The zero-order chi connectivity index (χ0) is 22.7. The molecular weight excluding hydrogens is 455 g/mol. The second kappa shape index (κ2) is 9.03. The van der Waals surface area contributed by atoms with Crippen LogP contribution < -0.4 is 5.32 Å². The molecule has 1 amide bonds. The van der Waals surface area contributed by atoms with Gasteiger partial charge in [0.05, 0.1) is 16.0 Å². The van der Waals surface area contributed by atoms with Gasteiger partial charge in [-0.15, -0.1) is 0 Å². The van der Waals surface area contributed by atoms with Crippen LogP contribution in [0.3, 0.4) is 0 Å². The summed E-state index contributed by atoms with van der Waals surface area (Å²) in [5, 5.41) is 23.4. The summed E-state index contributed by atoms with van der Waals surface area (Å²) < 4.78 is 19.2. The van der Waals surface area contributed by atoms with Crippen LogP contribution in [-0.2, 0) is 4.74 Å². The molecule has 0 aromatic heterocycles. The maximum absolute atomic E-state index is 13.8. The Bertz CT molecular complexity index is 852. The molecule has 0 heterocycles. The molecular formula is C22H28BrFN2O4. The van der Waals surface area contributed by atoms with Crippen molar-refractivity contribution in [3.05, 3.63) is 34.1 Å². The molecule has 0 bridgehead atoms. The Morgan fingerprint density at radius 1 is 1.33 bits per heavy atom. The van der Waals surface area contributed by atoms with Crippen LogP contribution in [-0.4, -0.2) is 34.2 Å². The first-order valence-electron chi connectivity index (χ1n) is 9.92. The summed E-state index contributed by atoms with van der Waals surface area (Å²) in [6.45, 7) is 7.24. The van der Waals surface area contributed by atoms with E-state index < -0.39 is 40.4 Å². The highest BCUT2D eigenvalue weighted by molar-refractivity contribution is 9.10. The Morgan fingerprint density at radius 3 is 2.47 bits per heavy atom. The molecule has 2 rings (SSSR count). The van der Waals surface area contributed by atoms with Crippen molar-refractivity contribution in [3.8, 4) is 6.07 Å². The van der Waals surface area contributed by atoms with Crippen LogP contribution in [0, 0.1) is 22.6 Å². The van der Waals surface area contributed by atoms with E-state index in [1.807, 2.05) is 20.8 Å². The number of halogens is 2. The van der Waals surface area contributed by atoms with Crippen LogP contribution in [0.15, 0.2) is 22.7 Å². The number of nitrogens with zero attached hydrogens (tertiary/aromatic N) is 1. The molecule has 1 saturated carbocycles. The Morgan fingerprint density at radius 2 is 1.93 bits per heavy atom. The molecule has 2 N–H and O–H groups in total. The molecule has 30 heavy (non-hydrogen) atoms. The zero-order valence-corrected chi connectivity index (χ0v) is 19.3. The fourth-order valence-corrected chi connectivity index (χ4v) is 4.22. The van der Waals surface area contributed by atoms with E-state index in [1.54, 1.807) is 6.92 Å². The van der Waals surface area contributed by atoms with Gasteiger partial charge in [0.25, 0.3) is 0 Å². The van der Waals surface area contributed by atoms with E-state index >= 15 is 0 Å². The maximum Gasteiger partial charge on any atom is 0.407 e. The van der Waals surface area contributed by atoms with Crippen molar-refractivity contribution in [2.75, 3.05) is 0 Å². The summed E-state index contributed by atoms with van der Waals surface area (Å²) in [6, 6.07) is 6.41. The highest BCUT2D eigenvalue weighted by Gasteiger charge is 2.47. The molecule has 6 nitrogen and oxygen atoms in total. The summed E-state index contributed by atoms with van der Waals surface area (Å²) in [6.07, 6.45) is -0.0741. The van der Waals surface area contributed by atoms with E-state index in [0.717, 1.165) is 0 Å². The summed E-state index contributed by atoms with van der Waals surface area (Å²) >= 11 is 3.07. The number of carbonyl (C=O) groups excluding carboxylic acids is 2. The number of nitriles is 1. The van der Waals surface area contributed by atoms with E-state index in [1.165, 1.54) is 18.2 Å². The standard InChI is InChI=1S/C22H28BrFN2O4/c1-14(30-19(28)26-20(2,3)4)12-21(13-25)8-10-22(29,11-9-21)18(27)15-6-5-7-16(24)17(15)23/h5-7,14,29H,8-12H2,1-4H3,(H,26,28)/t14-,21?,22?/m0/s1. The number of nitrogens with one attached hydrogen (secondary N) is 1. The molecule has 0 radical (unpaired) electrons. The van der Waals surface area contributed by atoms with Gasteiger partial charge in [0.1, 0.15) is 17.5 Å². The number of carbonyl (C=O) groups is 2. The van der Waals surface area contributed by atoms with Gasteiger partial charge < -0.3 is 15.2 Å². The van der Waals surface area contributed by atoms with E-state index in [-0.39, 0.29) is 35.7 Å². The number of ether oxygens (including phenoxy) is 1. The SMILES string of the molecule is C[C@@H](CC1(C#N)CCC(O)(C(=O)c2cccc(F)c2Br)CC1)OC(=O)NC(C)(C)C. The van der Waals surface area contributed by atoms with E-state index in [0.29, 0.717) is 6.42 Å². The van der Waals surface area contributed by atoms with Gasteiger partial charge in [0, 0.05) is 17.5 Å². The largest absolute Gasteiger partial charge is 0.446 e. The molecule has 1 aromatic carbocycles. The minimum atomic E-state index is -1.66. The highest BCUT2D eigenvalue weighted by Crippen LogP contribution is 2.45. The molecule has 8 heteroatoms. The Kier molecular flexibility index (Phi) is 7.31. The van der Waals surface area contributed by atoms with E-state index in [4.69, 9.17) is 4.74 Å². The van der Waals surface area contributed by atoms with Crippen molar-refractivity contribution in [1.82, 2.24) is 5.32 Å². The molecule has 1 aliphatic carbocycles. The Balaban J connectivity index is 2.05. The first-order valence-corrected chi connectivity index (χ1v) is 10.7. The molecule has 1 fully saturated rings. The van der Waals surface area contributed by atoms with Crippen LogP contribution in [0.25, 0.3) is 0 Å². The lowest BCUT2D eigenvalue weighted by molar-refractivity contribution is -0.0156. The lowest BCUT2D eigenvalue weighted by Crippen LogP contribution is -2.46. The van der Waals surface area contributed by atoms with Crippen LogP contribution in [0.2, 0.25) is 0 Å². The van der Waals surface area contributed by atoms with Crippen molar-refractivity contribution >= 4 is 27.8 Å². The van der Waals surface area contributed by atoms with Gasteiger partial charge in [0.2, 0.25) is 0 Å². The number of amides is 1. The number of alkyl carbamates (subject to hydrolysis) is 1. The first-order chi connectivity index (χ1) is 13.8. The van der Waals surface area contributed by atoms with E-state index in [2.05, 4.69) is 27.3 Å². The average molecular weight is 483 g/mol. The summed E-state index contributed by atoms with van der Waals surface area (Å²) in [7, 11) is 0. The molecule has 0 saturated heterocycles. The van der Waals surface area contributed by atoms with E-state index in [9.17, 15) is 24.3 Å². The number of hydrogen-bond donors (Lipinski definition) is 2. The minimum Gasteiger partial charge on any atom is -0.446 e. The van der Waals surface area contributed by atoms with Crippen molar-refractivity contribution in [2.24, 2.45) is 5.41 Å². The van der Waals surface area contributed by atoms with Gasteiger partial charge >= 0.3 is 6.09 Å². The Hall–Kier alpha value is -1.98.